The number of benzene rings is 1. The maximum absolute atomic E-state index is 12.2. The second-order valence-electron chi connectivity index (χ2n) is 4.63. The van der Waals surface area contributed by atoms with Crippen LogP contribution in [0.5, 0.6) is 0 Å². The number of aryl methyl sites for hydroxylation is 1. The number of thioether (sulfide) groups is 2. The number of rotatable bonds is 5. The molecule has 0 saturated carbocycles. The minimum absolute atomic E-state index is 0.251. The molecule has 1 atom stereocenters. The Morgan fingerprint density at radius 3 is 2.80 bits per heavy atom. The van der Waals surface area contributed by atoms with Gasteiger partial charge in [-0.25, -0.2) is 13.1 Å². The predicted molar refractivity (Wildman–Crippen MR) is 89.0 cm³/mol. The van der Waals surface area contributed by atoms with Crippen LogP contribution in [0, 0.1) is 0 Å². The van der Waals surface area contributed by atoms with Crippen molar-refractivity contribution in [3.63, 3.8) is 0 Å². The zero-order valence-corrected chi connectivity index (χ0v) is 13.9. The van der Waals surface area contributed by atoms with Crippen molar-refractivity contribution in [1.29, 1.82) is 0 Å². The van der Waals surface area contributed by atoms with E-state index in [1.807, 2.05) is 30.4 Å². The van der Waals surface area contributed by atoms with Crippen molar-refractivity contribution in [3.8, 4) is 0 Å². The summed E-state index contributed by atoms with van der Waals surface area (Å²) in [6.07, 6.45) is 0.801. The molecule has 1 aromatic carbocycles. The van der Waals surface area contributed by atoms with Gasteiger partial charge in [0.25, 0.3) is 0 Å². The third kappa shape index (κ3) is 4.07. The monoisotopic (exact) mass is 332 g/mol. The highest BCUT2D eigenvalue weighted by molar-refractivity contribution is 8.06. The number of hydrogen-bond donors (Lipinski definition) is 2. The summed E-state index contributed by atoms with van der Waals surface area (Å²) < 4.78 is 27.2. The molecule has 1 aliphatic rings. The third-order valence-electron chi connectivity index (χ3n) is 3.19. The van der Waals surface area contributed by atoms with Crippen LogP contribution < -0.4 is 10.5 Å². The second kappa shape index (κ2) is 7.06. The highest BCUT2D eigenvalue weighted by Crippen LogP contribution is 2.24. The van der Waals surface area contributed by atoms with Crippen molar-refractivity contribution in [3.05, 3.63) is 23.8 Å². The van der Waals surface area contributed by atoms with E-state index in [-0.39, 0.29) is 4.90 Å². The highest BCUT2D eigenvalue weighted by atomic mass is 32.2. The molecule has 7 heteroatoms. The van der Waals surface area contributed by atoms with Gasteiger partial charge in [0.1, 0.15) is 0 Å². The largest absolute Gasteiger partial charge is 0.398 e. The fourth-order valence-corrected chi connectivity index (χ4v) is 5.84. The average Bonchev–Trinajstić information content (AvgIpc) is 2.46. The van der Waals surface area contributed by atoms with Gasteiger partial charge in [-0.2, -0.15) is 23.5 Å². The van der Waals surface area contributed by atoms with Crippen LogP contribution in [0.3, 0.4) is 0 Å². The van der Waals surface area contributed by atoms with Crippen LogP contribution in [0.1, 0.15) is 12.5 Å². The lowest BCUT2D eigenvalue weighted by Crippen LogP contribution is -2.33. The SMILES string of the molecule is CCc1ccc(S(=O)(=O)NCC2CSCCS2)cc1N. The molecule has 1 saturated heterocycles. The quantitative estimate of drug-likeness (QED) is 0.807. The molecule has 20 heavy (non-hydrogen) atoms. The lowest BCUT2D eigenvalue weighted by Gasteiger charge is -2.21. The second-order valence-corrected chi connectivity index (χ2v) is 8.96. The fourth-order valence-electron chi connectivity index (χ4n) is 2.00. The first-order chi connectivity index (χ1) is 9.53. The van der Waals surface area contributed by atoms with Gasteiger partial charge in [-0.05, 0) is 24.1 Å². The van der Waals surface area contributed by atoms with Gasteiger partial charge in [0, 0.05) is 34.7 Å². The molecule has 1 heterocycles. The molecule has 0 aliphatic carbocycles. The van der Waals surface area contributed by atoms with Crippen LogP contribution >= 0.6 is 23.5 Å². The summed E-state index contributed by atoms with van der Waals surface area (Å²) in [5.74, 6) is 3.25. The van der Waals surface area contributed by atoms with E-state index in [9.17, 15) is 8.42 Å². The van der Waals surface area contributed by atoms with Gasteiger partial charge < -0.3 is 5.73 Å². The molecule has 0 amide bonds. The van der Waals surface area contributed by atoms with Crippen molar-refractivity contribution >= 4 is 39.2 Å². The van der Waals surface area contributed by atoms with E-state index in [0.717, 1.165) is 29.2 Å². The van der Waals surface area contributed by atoms with Gasteiger partial charge in [-0.1, -0.05) is 13.0 Å². The van der Waals surface area contributed by atoms with Crippen LogP contribution in [0.4, 0.5) is 5.69 Å². The summed E-state index contributed by atoms with van der Waals surface area (Å²) in [5, 5.41) is 0.357. The Bertz CT molecular complexity index is 555. The maximum atomic E-state index is 12.2. The molecule has 112 valence electrons. The molecule has 2 rings (SSSR count). The van der Waals surface area contributed by atoms with Crippen LogP contribution in [-0.2, 0) is 16.4 Å². The zero-order chi connectivity index (χ0) is 14.6. The van der Waals surface area contributed by atoms with Gasteiger partial charge in [0.15, 0.2) is 0 Å². The number of anilines is 1. The smallest absolute Gasteiger partial charge is 0.240 e. The molecule has 1 aromatic rings. The first kappa shape index (κ1) is 16.0. The number of hydrogen-bond acceptors (Lipinski definition) is 5. The van der Waals surface area contributed by atoms with Crippen molar-refractivity contribution in [1.82, 2.24) is 4.72 Å². The summed E-state index contributed by atoms with van der Waals surface area (Å²) in [7, 11) is -3.46. The lowest BCUT2D eigenvalue weighted by atomic mass is 10.1. The molecule has 0 bridgehead atoms. The summed E-state index contributed by atoms with van der Waals surface area (Å²) in [5.41, 5.74) is 7.38. The molecule has 1 fully saturated rings. The van der Waals surface area contributed by atoms with Crippen LogP contribution in [0.15, 0.2) is 23.1 Å². The van der Waals surface area contributed by atoms with Crippen molar-refractivity contribution in [2.45, 2.75) is 23.5 Å². The number of nitrogens with two attached hydrogens (primary N) is 1. The van der Waals surface area contributed by atoms with Crippen molar-refractivity contribution < 1.29 is 8.42 Å². The minimum atomic E-state index is -3.46. The fraction of sp³-hybridized carbons (Fsp3) is 0.538. The molecule has 0 radical (unpaired) electrons. The average molecular weight is 333 g/mol. The molecular formula is C13H20N2O2S3. The highest BCUT2D eigenvalue weighted by Gasteiger charge is 2.19. The summed E-state index contributed by atoms with van der Waals surface area (Å²) in [6.45, 7) is 2.48. The Morgan fingerprint density at radius 1 is 1.40 bits per heavy atom. The van der Waals surface area contributed by atoms with Crippen LogP contribution in [0.25, 0.3) is 0 Å². The van der Waals surface area contributed by atoms with Crippen molar-refractivity contribution in [2.75, 3.05) is 29.5 Å². The molecule has 3 N–H and O–H groups in total. The molecule has 4 nitrogen and oxygen atoms in total. The van der Waals surface area contributed by atoms with Gasteiger partial charge in [0.2, 0.25) is 10.0 Å². The van der Waals surface area contributed by atoms with E-state index < -0.39 is 10.0 Å². The van der Waals surface area contributed by atoms with Gasteiger partial charge in [-0.15, -0.1) is 0 Å². The normalized spacial score (nSPS) is 19.9. The third-order valence-corrected chi connectivity index (χ3v) is 7.46. The molecule has 1 aliphatic heterocycles. The summed E-state index contributed by atoms with van der Waals surface area (Å²) in [4.78, 5) is 0.251. The number of nitrogens with one attached hydrogen (secondary N) is 1. The first-order valence-electron chi connectivity index (χ1n) is 6.60. The van der Waals surface area contributed by atoms with Crippen LogP contribution in [0.2, 0.25) is 0 Å². The Balaban J connectivity index is 2.04. The lowest BCUT2D eigenvalue weighted by molar-refractivity contribution is 0.581. The van der Waals surface area contributed by atoms with E-state index in [1.165, 1.54) is 0 Å². The van der Waals surface area contributed by atoms with E-state index >= 15 is 0 Å². The first-order valence-corrected chi connectivity index (χ1v) is 10.3. The molecule has 0 spiro atoms. The summed E-state index contributed by atoms with van der Waals surface area (Å²) in [6, 6.07) is 4.96. The van der Waals surface area contributed by atoms with E-state index in [4.69, 9.17) is 5.73 Å². The van der Waals surface area contributed by atoms with E-state index in [1.54, 1.807) is 18.2 Å². The van der Waals surface area contributed by atoms with E-state index in [0.29, 0.717) is 17.5 Å². The Morgan fingerprint density at radius 2 is 2.20 bits per heavy atom. The Hall–Kier alpha value is -0.370. The van der Waals surface area contributed by atoms with Gasteiger partial charge in [0.05, 0.1) is 4.90 Å². The van der Waals surface area contributed by atoms with E-state index in [2.05, 4.69) is 4.72 Å². The predicted octanol–water partition coefficient (Wildman–Crippen LogP) is 1.96. The van der Waals surface area contributed by atoms with Crippen LogP contribution in [-0.4, -0.2) is 37.5 Å². The molecular weight excluding hydrogens is 312 g/mol. The standard InChI is InChI=1S/C13H20N2O2S3/c1-2-10-3-4-12(7-13(10)14)20(16,17)15-8-11-9-18-5-6-19-11/h3-4,7,11,15H,2,5-6,8-9,14H2,1H3. The zero-order valence-electron chi connectivity index (χ0n) is 11.5. The Kier molecular flexibility index (Phi) is 5.65. The molecule has 1 unspecified atom stereocenters. The summed E-state index contributed by atoms with van der Waals surface area (Å²) >= 11 is 3.72. The Labute approximate surface area is 129 Å². The minimum Gasteiger partial charge on any atom is -0.398 e. The maximum Gasteiger partial charge on any atom is 0.240 e. The topological polar surface area (TPSA) is 72.2 Å². The van der Waals surface area contributed by atoms with Gasteiger partial charge in [-0.3, -0.25) is 0 Å². The van der Waals surface area contributed by atoms with Crippen molar-refractivity contribution in [2.24, 2.45) is 0 Å². The molecule has 0 aromatic heterocycles. The number of nitrogen functional groups attached to an aromatic ring is 1. The number of sulfonamides is 1. The van der Waals surface area contributed by atoms with Gasteiger partial charge >= 0.3 is 0 Å².